The van der Waals surface area contributed by atoms with Gasteiger partial charge in [0, 0.05) is 19.8 Å². The highest BCUT2D eigenvalue weighted by molar-refractivity contribution is 6.33. The van der Waals surface area contributed by atoms with Gasteiger partial charge in [-0.25, -0.2) is 0 Å². The monoisotopic (exact) mass is 275 g/mol. The van der Waals surface area contributed by atoms with Crippen molar-refractivity contribution in [3.05, 3.63) is 58.9 Å². The second kappa shape index (κ2) is 6.55. The van der Waals surface area contributed by atoms with Crippen LogP contribution in [0.15, 0.2) is 42.6 Å². The zero-order valence-electron chi connectivity index (χ0n) is 11.2. The van der Waals surface area contributed by atoms with E-state index in [0.717, 1.165) is 29.5 Å². The molecule has 0 aliphatic rings. The topological polar surface area (TPSA) is 28.2 Å². The fourth-order valence-corrected chi connectivity index (χ4v) is 2.34. The number of benzene rings is 1. The van der Waals surface area contributed by atoms with Crippen LogP contribution in [0.1, 0.15) is 11.3 Å². The van der Waals surface area contributed by atoms with E-state index in [9.17, 15) is 0 Å². The van der Waals surface area contributed by atoms with Gasteiger partial charge in [0.15, 0.2) is 0 Å². The van der Waals surface area contributed by atoms with E-state index < -0.39 is 0 Å². The third-order valence-electron chi connectivity index (χ3n) is 2.93. The molecule has 0 spiro atoms. The lowest BCUT2D eigenvalue weighted by atomic mass is 10.2. The molecular weight excluding hydrogens is 258 g/mol. The minimum absolute atomic E-state index is 0.742. The second-order valence-corrected chi connectivity index (χ2v) is 4.90. The molecule has 1 aromatic heterocycles. The Hall–Kier alpha value is -1.58. The molecule has 3 nitrogen and oxygen atoms in total. The highest BCUT2D eigenvalue weighted by atomic mass is 35.5. The molecular formula is C15H18ClN3. The van der Waals surface area contributed by atoms with Crippen LogP contribution < -0.4 is 10.2 Å². The van der Waals surface area contributed by atoms with Crippen molar-refractivity contribution in [2.45, 2.75) is 13.1 Å². The summed E-state index contributed by atoms with van der Waals surface area (Å²) in [5.41, 5.74) is 3.23. The molecule has 0 aliphatic carbocycles. The minimum atomic E-state index is 0.742. The van der Waals surface area contributed by atoms with Gasteiger partial charge in [0.05, 0.1) is 22.9 Å². The summed E-state index contributed by atoms with van der Waals surface area (Å²) in [6, 6.07) is 12.1. The van der Waals surface area contributed by atoms with Crippen molar-refractivity contribution >= 4 is 17.3 Å². The minimum Gasteiger partial charge on any atom is -0.367 e. The van der Waals surface area contributed by atoms with Gasteiger partial charge in [0.2, 0.25) is 0 Å². The van der Waals surface area contributed by atoms with E-state index in [0.29, 0.717) is 0 Å². The van der Waals surface area contributed by atoms with Crippen molar-refractivity contribution in [3.63, 3.8) is 0 Å². The van der Waals surface area contributed by atoms with Crippen LogP contribution >= 0.6 is 11.6 Å². The normalized spacial score (nSPS) is 10.5. The SMILES string of the molecule is CNCc1ccc(N(C)Cc2ccccn2)c(Cl)c1. The number of nitrogens with zero attached hydrogens (tertiary/aromatic N) is 2. The standard InChI is InChI=1S/C15H18ClN3/c1-17-10-12-6-7-15(14(16)9-12)19(2)11-13-5-3-4-8-18-13/h3-9,17H,10-11H2,1-2H3. The van der Waals surface area contributed by atoms with E-state index in [-0.39, 0.29) is 0 Å². The molecule has 19 heavy (non-hydrogen) atoms. The van der Waals surface area contributed by atoms with Gasteiger partial charge >= 0.3 is 0 Å². The summed E-state index contributed by atoms with van der Waals surface area (Å²) in [4.78, 5) is 6.43. The van der Waals surface area contributed by atoms with Crippen molar-refractivity contribution in [2.24, 2.45) is 0 Å². The third kappa shape index (κ3) is 3.69. The van der Waals surface area contributed by atoms with Gasteiger partial charge < -0.3 is 10.2 Å². The van der Waals surface area contributed by atoms with Crippen LogP contribution in [-0.2, 0) is 13.1 Å². The van der Waals surface area contributed by atoms with Gasteiger partial charge in [-0.3, -0.25) is 4.98 Å². The van der Waals surface area contributed by atoms with Crippen molar-refractivity contribution in [1.29, 1.82) is 0 Å². The van der Waals surface area contributed by atoms with Crippen LogP contribution in [0.25, 0.3) is 0 Å². The lowest BCUT2D eigenvalue weighted by molar-refractivity contribution is 0.816. The number of anilines is 1. The smallest absolute Gasteiger partial charge is 0.0642 e. The van der Waals surface area contributed by atoms with Gasteiger partial charge in [-0.2, -0.15) is 0 Å². The number of halogens is 1. The molecule has 0 fully saturated rings. The van der Waals surface area contributed by atoms with E-state index in [1.165, 1.54) is 5.56 Å². The molecule has 0 aliphatic heterocycles. The molecule has 4 heteroatoms. The average molecular weight is 276 g/mol. The molecule has 1 N–H and O–H groups in total. The fourth-order valence-electron chi connectivity index (χ4n) is 1.99. The molecule has 100 valence electrons. The van der Waals surface area contributed by atoms with Crippen LogP contribution in [0.3, 0.4) is 0 Å². The molecule has 0 amide bonds. The molecule has 0 radical (unpaired) electrons. The Morgan fingerprint density at radius 3 is 2.74 bits per heavy atom. The summed E-state index contributed by atoms with van der Waals surface area (Å²) < 4.78 is 0. The summed E-state index contributed by atoms with van der Waals surface area (Å²) in [6.45, 7) is 1.57. The number of hydrogen-bond acceptors (Lipinski definition) is 3. The predicted octanol–water partition coefficient (Wildman–Crippen LogP) is 3.09. The first kappa shape index (κ1) is 13.8. The first-order valence-electron chi connectivity index (χ1n) is 6.25. The van der Waals surface area contributed by atoms with Crippen molar-refractivity contribution < 1.29 is 0 Å². The lowest BCUT2D eigenvalue weighted by Crippen LogP contribution is -2.17. The molecule has 0 unspecified atom stereocenters. The van der Waals surface area contributed by atoms with E-state index >= 15 is 0 Å². The summed E-state index contributed by atoms with van der Waals surface area (Å²) in [6.07, 6.45) is 1.81. The molecule has 2 rings (SSSR count). The van der Waals surface area contributed by atoms with E-state index in [1.54, 1.807) is 6.20 Å². The zero-order chi connectivity index (χ0) is 13.7. The summed E-state index contributed by atoms with van der Waals surface area (Å²) in [7, 11) is 3.95. The van der Waals surface area contributed by atoms with Gasteiger partial charge in [-0.15, -0.1) is 0 Å². The summed E-state index contributed by atoms with van der Waals surface area (Å²) in [5.74, 6) is 0. The molecule has 1 heterocycles. The molecule has 0 bridgehead atoms. The van der Waals surface area contributed by atoms with Crippen LogP contribution in [0.5, 0.6) is 0 Å². The van der Waals surface area contributed by atoms with Crippen LogP contribution in [0.2, 0.25) is 5.02 Å². The third-order valence-corrected chi connectivity index (χ3v) is 3.23. The Balaban J connectivity index is 2.13. The predicted molar refractivity (Wildman–Crippen MR) is 80.6 cm³/mol. The Morgan fingerprint density at radius 1 is 1.26 bits per heavy atom. The molecule has 0 saturated heterocycles. The maximum absolute atomic E-state index is 6.34. The maximum atomic E-state index is 6.34. The Kier molecular flexibility index (Phi) is 4.77. The summed E-state index contributed by atoms with van der Waals surface area (Å²) in [5, 5.41) is 3.89. The van der Waals surface area contributed by atoms with Crippen molar-refractivity contribution in [2.75, 3.05) is 19.0 Å². The van der Waals surface area contributed by atoms with Crippen molar-refractivity contribution in [1.82, 2.24) is 10.3 Å². The number of nitrogens with one attached hydrogen (secondary N) is 1. The number of aromatic nitrogens is 1. The number of rotatable bonds is 5. The maximum Gasteiger partial charge on any atom is 0.0642 e. The molecule has 0 atom stereocenters. The van der Waals surface area contributed by atoms with E-state index in [2.05, 4.69) is 27.3 Å². The Bertz CT molecular complexity index is 528. The van der Waals surface area contributed by atoms with Gasteiger partial charge in [0.25, 0.3) is 0 Å². The van der Waals surface area contributed by atoms with Crippen LogP contribution in [0.4, 0.5) is 5.69 Å². The highest BCUT2D eigenvalue weighted by Crippen LogP contribution is 2.26. The van der Waals surface area contributed by atoms with Crippen LogP contribution in [-0.4, -0.2) is 19.1 Å². The quantitative estimate of drug-likeness (QED) is 0.909. The van der Waals surface area contributed by atoms with Crippen LogP contribution in [0, 0.1) is 0 Å². The molecule has 2 aromatic rings. The van der Waals surface area contributed by atoms with Gasteiger partial charge in [0.1, 0.15) is 0 Å². The Labute approximate surface area is 119 Å². The zero-order valence-corrected chi connectivity index (χ0v) is 12.0. The molecule has 1 aromatic carbocycles. The average Bonchev–Trinajstić information content (AvgIpc) is 2.40. The van der Waals surface area contributed by atoms with E-state index in [1.807, 2.05) is 38.4 Å². The van der Waals surface area contributed by atoms with Crippen molar-refractivity contribution in [3.8, 4) is 0 Å². The first-order valence-corrected chi connectivity index (χ1v) is 6.62. The Morgan fingerprint density at radius 2 is 2.11 bits per heavy atom. The molecule has 0 saturated carbocycles. The van der Waals surface area contributed by atoms with Gasteiger partial charge in [-0.05, 0) is 36.9 Å². The fraction of sp³-hybridized carbons (Fsp3) is 0.267. The number of pyridine rings is 1. The second-order valence-electron chi connectivity index (χ2n) is 4.49. The highest BCUT2D eigenvalue weighted by Gasteiger charge is 2.08. The van der Waals surface area contributed by atoms with E-state index in [4.69, 9.17) is 11.6 Å². The largest absolute Gasteiger partial charge is 0.367 e. The number of hydrogen-bond donors (Lipinski definition) is 1. The summed E-state index contributed by atoms with van der Waals surface area (Å²) >= 11 is 6.34. The van der Waals surface area contributed by atoms with Gasteiger partial charge in [-0.1, -0.05) is 23.7 Å². The first-order chi connectivity index (χ1) is 9.20. The lowest BCUT2D eigenvalue weighted by Gasteiger charge is -2.20.